The lowest BCUT2D eigenvalue weighted by molar-refractivity contribution is -0.152. The van der Waals surface area contributed by atoms with Crippen LogP contribution >= 0.6 is 0 Å². The number of aromatic nitrogens is 1. The molecule has 0 bridgehead atoms. The number of hydrogen-bond donors (Lipinski definition) is 1. The molecule has 2 aromatic rings. The van der Waals surface area contributed by atoms with Crippen molar-refractivity contribution in [1.82, 2.24) is 4.98 Å². The maximum atomic E-state index is 11.0. The van der Waals surface area contributed by atoms with Crippen LogP contribution in [0.25, 0.3) is 11.5 Å². The van der Waals surface area contributed by atoms with Gasteiger partial charge in [0.05, 0.1) is 19.3 Å². The average molecular weight is 432 g/mol. The maximum Gasteiger partial charge on any atom is 0.335 e. The van der Waals surface area contributed by atoms with Crippen molar-refractivity contribution < 1.29 is 28.5 Å². The summed E-state index contributed by atoms with van der Waals surface area (Å²) in [6, 6.07) is 8.15. The van der Waals surface area contributed by atoms with Gasteiger partial charge >= 0.3 is 5.97 Å². The molecule has 3 rings (SSSR count). The number of carboxylic acids is 1. The fourth-order valence-electron chi connectivity index (χ4n) is 3.92. The van der Waals surface area contributed by atoms with Gasteiger partial charge in [0, 0.05) is 25.7 Å². The quantitative estimate of drug-likeness (QED) is 0.564. The second-order valence-corrected chi connectivity index (χ2v) is 8.17. The van der Waals surface area contributed by atoms with Crippen LogP contribution in [0.4, 0.5) is 0 Å². The van der Waals surface area contributed by atoms with E-state index in [1.54, 1.807) is 0 Å². The Balaban J connectivity index is 1.51. The second kappa shape index (κ2) is 11.4. The third-order valence-corrected chi connectivity index (χ3v) is 5.77. The van der Waals surface area contributed by atoms with Gasteiger partial charge in [0.25, 0.3) is 0 Å². The second-order valence-electron chi connectivity index (χ2n) is 8.17. The lowest BCUT2D eigenvalue weighted by atomic mass is 9.88. The number of aliphatic carboxylic acids is 1. The predicted octanol–water partition coefficient (Wildman–Crippen LogP) is 4.40. The van der Waals surface area contributed by atoms with Crippen molar-refractivity contribution in [2.45, 2.75) is 64.8 Å². The molecule has 0 spiro atoms. The van der Waals surface area contributed by atoms with Crippen LogP contribution in [0.1, 0.15) is 49.6 Å². The highest BCUT2D eigenvalue weighted by atomic mass is 16.5. The highest BCUT2D eigenvalue weighted by Gasteiger charge is 2.25. The molecule has 1 aliphatic rings. The Morgan fingerprint density at radius 2 is 2.06 bits per heavy atom. The first-order valence-electron chi connectivity index (χ1n) is 11.0. The van der Waals surface area contributed by atoms with Gasteiger partial charge in [-0.3, -0.25) is 0 Å². The summed E-state index contributed by atoms with van der Waals surface area (Å²) in [7, 11) is 1.38. The van der Waals surface area contributed by atoms with Crippen molar-refractivity contribution in [3.8, 4) is 11.5 Å². The third kappa shape index (κ3) is 6.63. The minimum Gasteiger partial charge on any atom is -0.479 e. The first-order valence-corrected chi connectivity index (χ1v) is 11.0. The summed E-state index contributed by atoms with van der Waals surface area (Å²) in [4.78, 5) is 15.7. The minimum absolute atomic E-state index is 0.0639. The molecule has 7 nitrogen and oxygen atoms in total. The summed E-state index contributed by atoms with van der Waals surface area (Å²) in [5.41, 5.74) is 3.03. The summed E-state index contributed by atoms with van der Waals surface area (Å²) in [6.07, 6.45) is 4.03. The standard InChI is InChI=1S/C24H33NO6/c1-4-21-20(25-23(31-21)18-10-8-16(2)9-11-18)14-30-19-7-5-6-17(12-19)13-29-15-22(28-3)24(26)27/h8-11,17,19,22H,4-7,12-15H2,1-3H3,(H,26,27)/t17-,19?,22?/m1/s1. The van der Waals surface area contributed by atoms with Crippen molar-refractivity contribution in [2.75, 3.05) is 20.3 Å². The lowest BCUT2D eigenvalue weighted by Gasteiger charge is -2.29. The largest absolute Gasteiger partial charge is 0.479 e. The molecule has 0 aliphatic heterocycles. The highest BCUT2D eigenvalue weighted by molar-refractivity contribution is 5.72. The molecule has 0 amide bonds. The lowest BCUT2D eigenvalue weighted by Crippen LogP contribution is -2.30. The Morgan fingerprint density at radius 1 is 1.29 bits per heavy atom. The highest BCUT2D eigenvalue weighted by Crippen LogP contribution is 2.29. The maximum absolute atomic E-state index is 11.0. The number of carbonyl (C=O) groups is 1. The van der Waals surface area contributed by atoms with Gasteiger partial charge in [0.15, 0.2) is 6.10 Å². The molecule has 1 aromatic heterocycles. The normalized spacial score (nSPS) is 20.0. The van der Waals surface area contributed by atoms with E-state index in [2.05, 4.69) is 26.0 Å². The van der Waals surface area contributed by atoms with E-state index >= 15 is 0 Å². The number of benzene rings is 1. The number of rotatable bonds is 11. The molecule has 1 saturated carbocycles. The monoisotopic (exact) mass is 431 g/mol. The van der Waals surface area contributed by atoms with Crippen LogP contribution in [0.3, 0.4) is 0 Å². The molecule has 1 heterocycles. The van der Waals surface area contributed by atoms with Gasteiger partial charge in [-0.25, -0.2) is 9.78 Å². The number of ether oxygens (including phenoxy) is 3. The third-order valence-electron chi connectivity index (χ3n) is 5.77. The molecule has 31 heavy (non-hydrogen) atoms. The summed E-state index contributed by atoms with van der Waals surface area (Å²) in [5.74, 6) is 0.856. The van der Waals surface area contributed by atoms with E-state index in [-0.39, 0.29) is 12.7 Å². The molecule has 7 heteroatoms. The van der Waals surface area contributed by atoms with Crippen LogP contribution < -0.4 is 0 Å². The first-order chi connectivity index (χ1) is 15.0. The Morgan fingerprint density at radius 3 is 2.74 bits per heavy atom. The Kier molecular flexibility index (Phi) is 8.63. The van der Waals surface area contributed by atoms with Crippen LogP contribution in [-0.2, 0) is 32.0 Å². The number of hydrogen-bond acceptors (Lipinski definition) is 6. The Hall–Kier alpha value is -2.22. The summed E-state index contributed by atoms with van der Waals surface area (Å²) in [5, 5.41) is 9.02. The Bertz CT molecular complexity index is 831. The molecule has 1 aromatic carbocycles. The van der Waals surface area contributed by atoms with Crippen LogP contribution in [0, 0.1) is 12.8 Å². The van der Waals surface area contributed by atoms with Gasteiger partial charge in [0.1, 0.15) is 11.5 Å². The van der Waals surface area contributed by atoms with Gasteiger partial charge in [-0.1, -0.05) is 31.0 Å². The summed E-state index contributed by atoms with van der Waals surface area (Å²) >= 11 is 0. The van der Waals surface area contributed by atoms with E-state index < -0.39 is 12.1 Å². The van der Waals surface area contributed by atoms with Crippen LogP contribution in [0.15, 0.2) is 28.7 Å². The van der Waals surface area contributed by atoms with Gasteiger partial charge < -0.3 is 23.7 Å². The average Bonchev–Trinajstić information content (AvgIpc) is 3.19. The molecular weight excluding hydrogens is 398 g/mol. The van der Waals surface area contributed by atoms with E-state index in [4.69, 9.17) is 28.7 Å². The van der Waals surface area contributed by atoms with Gasteiger partial charge in [0.2, 0.25) is 5.89 Å². The summed E-state index contributed by atoms with van der Waals surface area (Å²) < 4.78 is 22.7. The van der Waals surface area contributed by atoms with Crippen molar-refractivity contribution in [1.29, 1.82) is 0 Å². The van der Waals surface area contributed by atoms with E-state index in [0.29, 0.717) is 25.0 Å². The molecule has 1 fully saturated rings. The van der Waals surface area contributed by atoms with E-state index in [1.807, 2.05) is 12.1 Å². The van der Waals surface area contributed by atoms with E-state index in [0.717, 1.165) is 49.1 Å². The van der Waals surface area contributed by atoms with Crippen LogP contribution in [-0.4, -0.2) is 48.6 Å². The van der Waals surface area contributed by atoms with Gasteiger partial charge in [-0.2, -0.15) is 0 Å². The van der Waals surface area contributed by atoms with Crippen molar-refractivity contribution >= 4 is 5.97 Å². The van der Waals surface area contributed by atoms with Gasteiger partial charge in [-0.15, -0.1) is 0 Å². The number of carboxylic acid groups (broad SMARTS) is 1. The van der Waals surface area contributed by atoms with Crippen molar-refractivity contribution in [3.05, 3.63) is 41.3 Å². The zero-order chi connectivity index (χ0) is 22.2. The fourth-order valence-corrected chi connectivity index (χ4v) is 3.92. The molecule has 3 atom stereocenters. The number of aryl methyl sites for hydroxylation is 2. The van der Waals surface area contributed by atoms with Crippen molar-refractivity contribution in [2.24, 2.45) is 5.92 Å². The molecule has 1 N–H and O–H groups in total. The molecular formula is C24H33NO6. The van der Waals surface area contributed by atoms with Crippen molar-refractivity contribution in [3.63, 3.8) is 0 Å². The molecule has 1 aliphatic carbocycles. The zero-order valence-corrected chi connectivity index (χ0v) is 18.6. The topological polar surface area (TPSA) is 91.0 Å². The number of oxazole rings is 1. The fraction of sp³-hybridized carbons (Fsp3) is 0.583. The molecule has 170 valence electrons. The van der Waals surface area contributed by atoms with Crippen LogP contribution in [0.5, 0.6) is 0 Å². The number of methoxy groups -OCH3 is 1. The van der Waals surface area contributed by atoms with Crippen LogP contribution in [0.2, 0.25) is 0 Å². The SMILES string of the molecule is CCc1oc(-c2ccc(C)cc2)nc1COC1CCC[C@@H](COCC(OC)C(=O)O)C1. The van der Waals surface area contributed by atoms with E-state index in [1.165, 1.54) is 12.7 Å². The Labute approximate surface area is 183 Å². The molecule has 2 unspecified atom stereocenters. The molecule has 0 saturated heterocycles. The number of nitrogens with zero attached hydrogens (tertiary/aromatic N) is 1. The summed E-state index contributed by atoms with van der Waals surface area (Å²) in [6.45, 7) is 5.13. The first kappa shape index (κ1) is 23.4. The molecule has 0 radical (unpaired) electrons. The minimum atomic E-state index is -1.00. The predicted molar refractivity (Wildman–Crippen MR) is 116 cm³/mol. The van der Waals surface area contributed by atoms with Gasteiger partial charge in [-0.05, 0) is 44.2 Å². The zero-order valence-electron chi connectivity index (χ0n) is 18.6. The van der Waals surface area contributed by atoms with E-state index in [9.17, 15) is 4.79 Å². The smallest absolute Gasteiger partial charge is 0.335 e.